The lowest BCUT2D eigenvalue weighted by Gasteiger charge is -2.04. The lowest BCUT2D eigenvalue weighted by Crippen LogP contribution is -1.98. The first-order chi connectivity index (χ1) is 8.70. The fourth-order valence-corrected chi connectivity index (χ4v) is 3.03. The van der Waals surface area contributed by atoms with E-state index in [1.165, 1.54) is 6.20 Å². The first kappa shape index (κ1) is 12.7. The van der Waals surface area contributed by atoms with Gasteiger partial charge >= 0.3 is 0 Å². The van der Waals surface area contributed by atoms with Crippen LogP contribution in [0.1, 0.15) is 11.3 Å². The zero-order chi connectivity index (χ0) is 13.0. The average Bonchev–Trinajstić information content (AvgIpc) is 2.39. The van der Waals surface area contributed by atoms with Crippen LogP contribution in [0, 0.1) is 11.3 Å². The van der Waals surface area contributed by atoms with Crippen LogP contribution in [0.25, 0.3) is 0 Å². The second-order valence-corrected chi connectivity index (χ2v) is 5.41. The highest BCUT2D eigenvalue weighted by Gasteiger charge is 2.09. The van der Waals surface area contributed by atoms with Crippen molar-refractivity contribution in [2.75, 3.05) is 0 Å². The summed E-state index contributed by atoms with van der Waals surface area (Å²) in [5, 5.41) is 9.24. The summed E-state index contributed by atoms with van der Waals surface area (Å²) in [5.74, 6) is 0.320. The van der Waals surface area contributed by atoms with Crippen LogP contribution in [0.4, 0.5) is 0 Å². The zero-order valence-electron chi connectivity index (χ0n) is 9.34. The van der Waals surface area contributed by atoms with Gasteiger partial charge in [-0.3, -0.25) is 4.21 Å². The van der Waals surface area contributed by atoms with Crippen molar-refractivity contribution < 1.29 is 4.21 Å². The van der Waals surface area contributed by atoms with E-state index in [2.05, 4.69) is 4.98 Å². The molecule has 0 radical (unpaired) electrons. The second kappa shape index (κ2) is 5.76. The van der Waals surface area contributed by atoms with E-state index in [9.17, 15) is 4.21 Å². The van der Waals surface area contributed by atoms with E-state index in [4.69, 9.17) is 16.9 Å². The molecule has 0 aliphatic rings. The van der Waals surface area contributed by atoms with Crippen molar-refractivity contribution in [3.8, 4) is 6.07 Å². The van der Waals surface area contributed by atoms with E-state index < -0.39 is 10.8 Å². The lowest BCUT2D eigenvalue weighted by molar-refractivity contribution is 0.682. The number of rotatable bonds is 3. The average molecular weight is 277 g/mol. The molecule has 0 spiro atoms. The maximum Gasteiger partial charge on any atom is 0.140 e. The van der Waals surface area contributed by atoms with Gasteiger partial charge in [-0.1, -0.05) is 23.7 Å². The molecule has 1 atom stereocenters. The fraction of sp³-hybridized carbons (Fsp3) is 0.0769. The Hall–Kier alpha value is -1.70. The van der Waals surface area contributed by atoms with Gasteiger partial charge in [-0.25, -0.2) is 4.98 Å². The van der Waals surface area contributed by atoms with Crippen molar-refractivity contribution in [2.24, 2.45) is 0 Å². The molecule has 1 aromatic heterocycles. The molecule has 0 saturated carbocycles. The Morgan fingerprint density at radius 1 is 1.33 bits per heavy atom. The number of nitrogens with zero attached hydrogens (tertiary/aromatic N) is 2. The molecule has 2 aromatic rings. The minimum absolute atomic E-state index is 0.320. The van der Waals surface area contributed by atoms with Crippen LogP contribution in [-0.4, -0.2) is 9.19 Å². The molecule has 18 heavy (non-hydrogen) atoms. The SMILES string of the molecule is N#Cc1cc(CS(=O)c2ccccc2Cl)ccn1. The van der Waals surface area contributed by atoms with Crippen molar-refractivity contribution in [2.45, 2.75) is 10.6 Å². The van der Waals surface area contributed by atoms with Gasteiger partial charge in [-0.05, 0) is 29.8 Å². The molecule has 0 saturated heterocycles. The number of benzene rings is 1. The molecule has 0 bridgehead atoms. The number of hydrogen-bond acceptors (Lipinski definition) is 3. The first-order valence-corrected chi connectivity index (χ1v) is 6.88. The van der Waals surface area contributed by atoms with Gasteiger partial charge in [-0.2, -0.15) is 5.26 Å². The largest absolute Gasteiger partial charge is 0.254 e. The van der Waals surface area contributed by atoms with Gasteiger partial charge in [0.2, 0.25) is 0 Å². The van der Waals surface area contributed by atoms with Crippen LogP contribution in [0.15, 0.2) is 47.5 Å². The van der Waals surface area contributed by atoms with Crippen LogP contribution < -0.4 is 0 Å². The summed E-state index contributed by atoms with van der Waals surface area (Å²) in [6, 6.07) is 12.4. The van der Waals surface area contributed by atoms with Gasteiger partial charge in [0, 0.05) is 6.20 Å². The van der Waals surface area contributed by atoms with Crippen molar-refractivity contribution in [3.05, 3.63) is 58.9 Å². The fourth-order valence-electron chi connectivity index (χ4n) is 1.48. The van der Waals surface area contributed by atoms with Crippen molar-refractivity contribution in [1.29, 1.82) is 5.26 Å². The van der Waals surface area contributed by atoms with Crippen molar-refractivity contribution in [3.63, 3.8) is 0 Å². The Balaban J connectivity index is 2.22. The molecule has 1 heterocycles. The van der Waals surface area contributed by atoms with Gasteiger partial charge in [-0.15, -0.1) is 0 Å². The normalized spacial score (nSPS) is 11.8. The zero-order valence-corrected chi connectivity index (χ0v) is 10.9. The Labute approximate surface area is 113 Å². The Bertz CT molecular complexity index is 637. The molecule has 90 valence electrons. The van der Waals surface area contributed by atoms with E-state index >= 15 is 0 Å². The molecule has 1 aromatic carbocycles. The first-order valence-electron chi connectivity index (χ1n) is 5.18. The van der Waals surface area contributed by atoms with E-state index in [0.717, 1.165) is 5.56 Å². The molecule has 3 nitrogen and oxygen atoms in total. The Morgan fingerprint density at radius 3 is 2.83 bits per heavy atom. The Kier molecular flexibility index (Phi) is 4.08. The standard InChI is InChI=1S/C13H9ClN2OS/c14-12-3-1-2-4-13(12)18(17)9-10-5-6-16-11(7-10)8-15/h1-7H,9H2. The summed E-state index contributed by atoms with van der Waals surface area (Å²) in [6.45, 7) is 0. The minimum atomic E-state index is -1.23. The molecular formula is C13H9ClN2OS. The summed E-state index contributed by atoms with van der Waals surface area (Å²) in [4.78, 5) is 4.48. The van der Waals surface area contributed by atoms with Crippen LogP contribution in [-0.2, 0) is 16.6 Å². The maximum atomic E-state index is 12.2. The number of halogens is 1. The van der Waals surface area contributed by atoms with Crippen LogP contribution >= 0.6 is 11.6 Å². The predicted molar refractivity (Wildman–Crippen MR) is 70.5 cm³/mol. The van der Waals surface area contributed by atoms with Gasteiger partial charge < -0.3 is 0 Å². The molecule has 2 rings (SSSR count). The number of hydrogen-bond donors (Lipinski definition) is 0. The predicted octanol–water partition coefficient (Wildman–Crippen LogP) is 2.91. The van der Waals surface area contributed by atoms with E-state index in [1.807, 2.05) is 6.07 Å². The summed E-state index contributed by atoms with van der Waals surface area (Å²) in [5.41, 5.74) is 1.13. The molecular weight excluding hydrogens is 268 g/mol. The summed E-state index contributed by atoms with van der Waals surface area (Å²) in [6.07, 6.45) is 1.54. The number of pyridine rings is 1. The van der Waals surface area contributed by atoms with E-state index in [-0.39, 0.29) is 0 Å². The van der Waals surface area contributed by atoms with Gasteiger partial charge in [0.1, 0.15) is 11.8 Å². The van der Waals surface area contributed by atoms with E-state index in [1.54, 1.807) is 36.4 Å². The molecule has 1 unspecified atom stereocenters. The van der Waals surface area contributed by atoms with E-state index in [0.29, 0.717) is 21.4 Å². The second-order valence-electron chi connectivity index (χ2n) is 3.58. The molecule has 0 fully saturated rings. The maximum absolute atomic E-state index is 12.2. The molecule has 0 aliphatic carbocycles. The Morgan fingerprint density at radius 2 is 2.11 bits per heavy atom. The highest BCUT2D eigenvalue weighted by molar-refractivity contribution is 7.84. The van der Waals surface area contributed by atoms with Crippen LogP contribution in [0.5, 0.6) is 0 Å². The molecule has 5 heteroatoms. The number of aromatic nitrogens is 1. The van der Waals surface area contributed by atoms with Crippen molar-refractivity contribution >= 4 is 22.4 Å². The van der Waals surface area contributed by atoms with Crippen LogP contribution in [0.2, 0.25) is 5.02 Å². The highest BCUT2D eigenvalue weighted by atomic mass is 35.5. The number of nitriles is 1. The third-order valence-corrected chi connectivity index (χ3v) is 4.20. The molecule has 0 aliphatic heterocycles. The highest BCUT2D eigenvalue weighted by Crippen LogP contribution is 2.21. The third-order valence-electron chi connectivity index (χ3n) is 2.32. The monoisotopic (exact) mass is 276 g/mol. The topological polar surface area (TPSA) is 53.8 Å². The van der Waals surface area contributed by atoms with Crippen molar-refractivity contribution in [1.82, 2.24) is 4.98 Å². The van der Waals surface area contributed by atoms with Gasteiger partial charge in [0.15, 0.2) is 0 Å². The minimum Gasteiger partial charge on any atom is -0.254 e. The van der Waals surface area contributed by atoms with Gasteiger partial charge in [0.25, 0.3) is 0 Å². The molecule has 0 N–H and O–H groups in total. The summed E-state index contributed by atoms with van der Waals surface area (Å²) < 4.78 is 12.2. The van der Waals surface area contributed by atoms with Crippen LogP contribution in [0.3, 0.4) is 0 Å². The quantitative estimate of drug-likeness (QED) is 0.866. The van der Waals surface area contributed by atoms with Gasteiger partial charge in [0.05, 0.1) is 26.5 Å². The lowest BCUT2D eigenvalue weighted by atomic mass is 10.2. The molecule has 0 amide bonds. The smallest absolute Gasteiger partial charge is 0.140 e. The third kappa shape index (κ3) is 2.95. The summed E-state index contributed by atoms with van der Waals surface area (Å²) in [7, 11) is -1.23. The summed E-state index contributed by atoms with van der Waals surface area (Å²) >= 11 is 5.99.